The minimum absolute atomic E-state index is 0.0160. The summed E-state index contributed by atoms with van der Waals surface area (Å²) in [5.74, 6) is 0.749. The van der Waals surface area contributed by atoms with Gasteiger partial charge in [-0.25, -0.2) is 4.98 Å². The molecule has 0 amide bonds. The maximum atomic E-state index is 12.2. The molecule has 2 aromatic carbocycles. The summed E-state index contributed by atoms with van der Waals surface area (Å²) in [4.78, 5) is 21.0. The van der Waals surface area contributed by atoms with Gasteiger partial charge in [0.1, 0.15) is 5.75 Å². The molecule has 4 nitrogen and oxygen atoms in total. The first-order chi connectivity index (χ1) is 10.3. The van der Waals surface area contributed by atoms with Crippen molar-refractivity contribution in [2.75, 3.05) is 7.11 Å². The molecule has 0 aliphatic rings. The van der Waals surface area contributed by atoms with Crippen molar-refractivity contribution in [3.8, 4) is 5.75 Å². The van der Waals surface area contributed by atoms with E-state index in [1.54, 1.807) is 37.6 Å². The zero-order valence-corrected chi connectivity index (χ0v) is 11.6. The molecule has 1 heterocycles. The van der Waals surface area contributed by atoms with Gasteiger partial charge in [-0.1, -0.05) is 12.1 Å². The maximum absolute atomic E-state index is 12.2. The van der Waals surface area contributed by atoms with Crippen LogP contribution >= 0.6 is 0 Å². The lowest BCUT2D eigenvalue weighted by Crippen LogP contribution is -2.05. The molecule has 0 spiro atoms. The van der Waals surface area contributed by atoms with Gasteiger partial charge in [-0.2, -0.15) is 0 Å². The van der Waals surface area contributed by atoms with Gasteiger partial charge in [0.05, 0.1) is 30.3 Å². The molecule has 21 heavy (non-hydrogen) atoms. The molecule has 0 aliphatic heterocycles. The van der Waals surface area contributed by atoms with Gasteiger partial charge < -0.3 is 4.74 Å². The van der Waals surface area contributed by atoms with Crippen LogP contribution in [0.5, 0.6) is 5.75 Å². The van der Waals surface area contributed by atoms with Crippen LogP contribution in [0.25, 0.3) is 11.0 Å². The number of rotatable bonds is 4. The summed E-state index contributed by atoms with van der Waals surface area (Å²) in [5, 5.41) is 0. The fraction of sp³-hybridized carbons (Fsp3) is 0.118. The largest absolute Gasteiger partial charge is 0.497 e. The highest BCUT2D eigenvalue weighted by molar-refractivity contribution is 5.97. The average molecular weight is 278 g/mol. The molecule has 0 unspecified atom stereocenters. The van der Waals surface area contributed by atoms with Gasteiger partial charge in [-0.05, 0) is 36.4 Å². The van der Waals surface area contributed by atoms with Crippen LogP contribution in [0.2, 0.25) is 0 Å². The molecular formula is C17H14N2O2. The molecule has 0 saturated carbocycles. The Kier molecular flexibility index (Phi) is 3.60. The third kappa shape index (κ3) is 2.89. The lowest BCUT2D eigenvalue weighted by atomic mass is 10.1. The van der Waals surface area contributed by atoms with Gasteiger partial charge in [0, 0.05) is 11.8 Å². The molecule has 0 fully saturated rings. The van der Waals surface area contributed by atoms with E-state index < -0.39 is 0 Å². The van der Waals surface area contributed by atoms with Crippen molar-refractivity contribution in [2.45, 2.75) is 6.42 Å². The Hall–Kier alpha value is -2.75. The van der Waals surface area contributed by atoms with E-state index in [-0.39, 0.29) is 12.2 Å². The van der Waals surface area contributed by atoms with Gasteiger partial charge in [-0.3, -0.25) is 9.78 Å². The van der Waals surface area contributed by atoms with Crippen molar-refractivity contribution in [2.24, 2.45) is 0 Å². The third-order valence-corrected chi connectivity index (χ3v) is 3.25. The number of aromatic nitrogens is 2. The quantitative estimate of drug-likeness (QED) is 0.688. The Morgan fingerprint density at radius 2 is 1.76 bits per heavy atom. The molecule has 1 aromatic heterocycles. The van der Waals surface area contributed by atoms with E-state index in [4.69, 9.17) is 4.74 Å². The highest BCUT2D eigenvalue weighted by Crippen LogP contribution is 2.14. The number of ether oxygens (including phenoxy) is 1. The summed E-state index contributed by atoms with van der Waals surface area (Å²) < 4.78 is 5.08. The zero-order chi connectivity index (χ0) is 14.7. The number of carbonyl (C=O) groups is 1. The van der Waals surface area contributed by atoms with E-state index in [0.717, 1.165) is 16.8 Å². The summed E-state index contributed by atoms with van der Waals surface area (Å²) in [6.07, 6.45) is 1.90. The van der Waals surface area contributed by atoms with E-state index >= 15 is 0 Å². The lowest BCUT2D eigenvalue weighted by Gasteiger charge is -2.04. The van der Waals surface area contributed by atoms with Crippen LogP contribution in [0.1, 0.15) is 16.1 Å². The van der Waals surface area contributed by atoms with Crippen LogP contribution in [0.4, 0.5) is 0 Å². The normalized spacial score (nSPS) is 10.5. The van der Waals surface area contributed by atoms with Gasteiger partial charge in [-0.15, -0.1) is 0 Å². The minimum Gasteiger partial charge on any atom is -0.497 e. The molecule has 0 N–H and O–H groups in total. The van der Waals surface area contributed by atoms with Gasteiger partial charge in [0.15, 0.2) is 5.78 Å². The zero-order valence-electron chi connectivity index (χ0n) is 11.6. The minimum atomic E-state index is 0.0160. The van der Waals surface area contributed by atoms with E-state index in [9.17, 15) is 4.79 Å². The Balaban J connectivity index is 1.81. The Morgan fingerprint density at radius 3 is 2.48 bits per heavy atom. The highest BCUT2D eigenvalue weighted by Gasteiger charge is 2.09. The smallest absolute Gasteiger partial charge is 0.168 e. The Morgan fingerprint density at radius 1 is 1.05 bits per heavy atom. The molecule has 104 valence electrons. The fourth-order valence-corrected chi connectivity index (χ4v) is 2.12. The molecular weight excluding hydrogens is 264 g/mol. The summed E-state index contributed by atoms with van der Waals surface area (Å²) in [5.41, 5.74) is 2.95. The summed E-state index contributed by atoms with van der Waals surface area (Å²) in [7, 11) is 1.60. The predicted octanol–water partition coefficient (Wildman–Crippen LogP) is 3.06. The predicted molar refractivity (Wildman–Crippen MR) is 80.6 cm³/mol. The average Bonchev–Trinajstić information content (AvgIpc) is 2.55. The Bertz CT molecular complexity index is 782. The second-order valence-corrected chi connectivity index (χ2v) is 4.68. The van der Waals surface area contributed by atoms with Crippen LogP contribution < -0.4 is 4.74 Å². The number of hydrogen-bond acceptors (Lipinski definition) is 4. The summed E-state index contributed by atoms with van der Waals surface area (Å²) in [6, 6.07) is 14.7. The number of hydrogen-bond donors (Lipinski definition) is 0. The van der Waals surface area contributed by atoms with Gasteiger partial charge in [0.25, 0.3) is 0 Å². The standard InChI is InChI=1S/C17H14N2O2/c1-21-14-8-6-12(7-9-14)17(20)10-13-11-18-15-4-2-3-5-16(15)19-13/h2-9,11H,10H2,1H3. The van der Waals surface area contributed by atoms with Crippen molar-refractivity contribution in [1.29, 1.82) is 0 Å². The number of carbonyl (C=O) groups excluding carboxylic acids is 1. The number of nitrogens with zero attached hydrogens (tertiary/aromatic N) is 2. The first kappa shape index (κ1) is 13.2. The van der Waals surface area contributed by atoms with Crippen LogP contribution in [0.3, 0.4) is 0 Å². The molecule has 3 rings (SSSR count). The fourth-order valence-electron chi connectivity index (χ4n) is 2.12. The number of ketones is 1. The number of Topliss-reactive ketones (excluding diaryl/α,β-unsaturated/α-hetero) is 1. The van der Waals surface area contributed by atoms with E-state index in [2.05, 4.69) is 9.97 Å². The topological polar surface area (TPSA) is 52.1 Å². The second-order valence-electron chi connectivity index (χ2n) is 4.68. The van der Waals surface area contributed by atoms with Crippen LogP contribution in [0, 0.1) is 0 Å². The first-order valence-corrected chi connectivity index (χ1v) is 6.64. The van der Waals surface area contributed by atoms with Crippen molar-refractivity contribution in [3.63, 3.8) is 0 Å². The molecule has 0 atom stereocenters. The number of fused-ring (bicyclic) bond motifs is 1. The monoisotopic (exact) mass is 278 g/mol. The van der Waals surface area contributed by atoms with Crippen LogP contribution in [0.15, 0.2) is 54.7 Å². The molecule has 3 aromatic rings. The number of benzene rings is 2. The van der Waals surface area contributed by atoms with E-state index in [0.29, 0.717) is 11.3 Å². The van der Waals surface area contributed by atoms with Gasteiger partial charge >= 0.3 is 0 Å². The first-order valence-electron chi connectivity index (χ1n) is 6.64. The number of para-hydroxylation sites is 2. The van der Waals surface area contributed by atoms with E-state index in [1.165, 1.54) is 0 Å². The van der Waals surface area contributed by atoms with Gasteiger partial charge in [0.2, 0.25) is 0 Å². The molecule has 4 heteroatoms. The van der Waals surface area contributed by atoms with Crippen LogP contribution in [-0.4, -0.2) is 22.9 Å². The molecule has 0 bridgehead atoms. The number of methoxy groups -OCH3 is 1. The summed E-state index contributed by atoms with van der Waals surface area (Å²) >= 11 is 0. The van der Waals surface area contributed by atoms with Crippen LogP contribution in [-0.2, 0) is 6.42 Å². The highest BCUT2D eigenvalue weighted by atomic mass is 16.5. The SMILES string of the molecule is COc1ccc(C(=O)Cc2cnc3ccccc3n2)cc1. The van der Waals surface area contributed by atoms with Crippen molar-refractivity contribution in [3.05, 3.63) is 66.0 Å². The van der Waals surface area contributed by atoms with Crippen molar-refractivity contribution < 1.29 is 9.53 Å². The van der Waals surface area contributed by atoms with E-state index in [1.807, 2.05) is 24.3 Å². The maximum Gasteiger partial charge on any atom is 0.168 e. The molecule has 0 saturated heterocycles. The summed E-state index contributed by atoms with van der Waals surface area (Å²) in [6.45, 7) is 0. The van der Waals surface area contributed by atoms with Crippen molar-refractivity contribution >= 4 is 16.8 Å². The second kappa shape index (κ2) is 5.71. The Labute approximate surface area is 122 Å². The third-order valence-electron chi connectivity index (χ3n) is 3.25. The van der Waals surface area contributed by atoms with Crippen molar-refractivity contribution in [1.82, 2.24) is 9.97 Å². The molecule has 0 radical (unpaired) electrons. The lowest BCUT2D eigenvalue weighted by molar-refractivity contribution is 0.0992. The molecule has 0 aliphatic carbocycles.